The van der Waals surface area contributed by atoms with Gasteiger partial charge in [0.2, 0.25) is 0 Å². The van der Waals surface area contributed by atoms with Crippen LogP contribution in [0.1, 0.15) is 31.4 Å². The number of piperidine rings is 1. The van der Waals surface area contributed by atoms with Crippen molar-refractivity contribution < 1.29 is 0 Å². The van der Waals surface area contributed by atoms with Crippen molar-refractivity contribution in [3.8, 4) is 0 Å². The second-order valence-electron chi connectivity index (χ2n) is 5.58. The summed E-state index contributed by atoms with van der Waals surface area (Å²) in [6.07, 6.45) is 4.91. The van der Waals surface area contributed by atoms with Gasteiger partial charge in [0.05, 0.1) is 5.69 Å². The Kier molecular flexibility index (Phi) is 3.54. The average molecular weight is 266 g/mol. The van der Waals surface area contributed by atoms with Gasteiger partial charge in [-0.1, -0.05) is 0 Å². The lowest BCUT2D eigenvalue weighted by atomic mass is 10.1. The topological polar surface area (TPSA) is 45.4 Å². The average Bonchev–Trinajstić information content (AvgIpc) is 3.12. The van der Waals surface area contributed by atoms with E-state index in [0.717, 1.165) is 38.5 Å². The lowest BCUT2D eigenvalue weighted by molar-refractivity contribution is 0.204. The van der Waals surface area contributed by atoms with Crippen LogP contribution in [0.15, 0.2) is 5.38 Å². The normalized spacial score (nSPS) is 22.3. The van der Waals surface area contributed by atoms with Crippen molar-refractivity contribution >= 4 is 16.5 Å². The van der Waals surface area contributed by atoms with E-state index in [4.69, 9.17) is 10.7 Å². The van der Waals surface area contributed by atoms with Crippen LogP contribution in [0, 0.1) is 0 Å². The summed E-state index contributed by atoms with van der Waals surface area (Å²) >= 11 is 1.78. The highest BCUT2D eigenvalue weighted by Crippen LogP contribution is 2.32. The minimum atomic E-state index is 0.410. The summed E-state index contributed by atoms with van der Waals surface area (Å²) in [5.41, 5.74) is 7.15. The van der Waals surface area contributed by atoms with Crippen LogP contribution in [0.5, 0.6) is 0 Å². The minimum absolute atomic E-state index is 0.410. The standard InChI is InChI=1S/C13H22N4S/c1-16(12-2-3-12)13-15-11(9-18-13)8-17-6-4-10(14)5-7-17/h9-10,12H,2-8,14H2,1H3. The third-order valence-electron chi connectivity index (χ3n) is 3.95. The monoisotopic (exact) mass is 266 g/mol. The van der Waals surface area contributed by atoms with Gasteiger partial charge in [0.15, 0.2) is 5.13 Å². The first kappa shape index (κ1) is 12.4. The van der Waals surface area contributed by atoms with Crippen LogP contribution < -0.4 is 10.6 Å². The van der Waals surface area contributed by atoms with Crippen molar-refractivity contribution in [3.05, 3.63) is 11.1 Å². The van der Waals surface area contributed by atoms with Crippen LogP contribution in [-0.4, -0.2) is 42.1 Å². The van der Waals surface area contributed by atoms with E-state index in [1.165, 1.54) is 23.7 Å². The fraction of sp³-hybridized carbons (Fsp3) is 0.769. The molecule has 1 saturated carbocycles. The fourth-order valence-electron chi connectivity index (χ4n) is 2.49. The predicted octanol–water partition coefficient (Wildman–Crippen LogP) is 1.66. The van der Waals surface area contributed by atoms with Gasteiger partial charge >= 0.3 is 0 Å². The minimum Gasteiger partial charge on any atom is -0.348 e. The first-order valence-electron chi connectivity index (χ1n) is 6.87. The fourth-order valence-corrected chi connectivity index (χ4v) is 3.34. The molecule has 2 heterocycles. The van der Waals surface area contributed by atoms with Gasteiger partial charge < -0.3 is 10.6 Å². The summed E-state index contributed by atoms with van der Waals surface area (Å²) in [6.45, 7) is 3.22. The largest absolute Gasteiger partial charge is 0.348 e. The highest BCUT2D eigenvalue weighted by atomic mass is 32.1. The zero-order chi connectivity index (χ0) is 12.5. The maximum atomic E-state index is 5.93. The summed E-state index contributed by atoms with van der Waals surface area (Å²) in [5, 5.41) is 3.39. The summed E-state index contributed by atoms with van der Waals surface area (Å²) in [6, 6.07) is 1.16. The van der Waals surface area contributed by atoms with Gasteiger partial charge in [0.1, 0.15) is 0 Å². The maximum Gasteiger partial charge on any atom is 0.185 e. The summed E-state index contributed by atoms with van der Waals surface area (Å²) in [4.78, 5) is 9.56. The quantitative estimate of drug-likeness (QED) is 0.900. The molecule has 0 amide bonds. The zero-order valence-corrected chi connectivity index (χ0v) is 11.8. The Balaban J connectivity index is 1.56. The summed E-state index contributed by atoms with van der Waals surface area (Å²) in [5.74, 6) is 0. The molecule has 2 fully saturated rings. The van der Waals surface area contributed by atoms with E-state index < -0.39 is 0 Å². The molecule has 2 N–H and O–H groups in total. The number of nitrogens with two attached hydrogens (primary N) is 1. The SMILES string of the molecule is CN(c1nc(CN2CCC(N)CC2)cs1)C1CC1. The maximum absolute atomic E-state index is 5.93. The molecule has 0 bridgehead atoms. The molecule has 1 aliphatic carbocycles. The lowest BCUT2D eigenvalue weighted by Gasteiger charge is -2.29. The van der Waals surface area contributed by atoms with Gasteiger partial charge in [0.25, 0.3) is 0 Å². The van der Waals surface area contributed by atoms with E-state index >= 15 is 0 Å². The third-order valence-corrected chi connectivity index (χ3v) is 4.93. The molecule has 5 heteroatoms. The molecule has 1 aromatic rings. The molecule has 1 saturated heterocycles. The van der Waals surface area contributed by atoms with Gasteiger partial charge in [-0.25, -0.2) is 4.98 Å². The van der Waals surface area contributed by atoms with Crippen molar-refractivity contribution in [1.82, 2.24) is 9.88 Å². The molecule has 0 atom stereocenters. The molecule has 18 heavy (non-hydrogen) atoms. The molecule has 3 rings (SSSR count). The molecule has 1 aliphatic heterocycles. The molecule has 2 aliphatic rings. The van der Waals surface area contributed by atoms with Crippen molar-refractivity contribution in [1.29, 1.82) is 0 Å². The van der Waals surface area contributed by atoms with Crippen LogP contribution >= 0.6 is 11.3 Å². The molecule has 0 aromatic carbocycles. The number of nitrogens with zero attached hydrogens (tertiary/aromatic N) is 3. The molecule has 0 spiro atoms. The third kappa shape index (κ3) is 2.84. The molecular weight excluding hydrogens is 244 g/mol. The zero-order valence-electron chi connectivity index (χ0n) is 11.0. The lowest BCUT2D eigenvalue weighted by Crippen LogP contribution is -2.39. The van der Waals surface area contributed by atoms with Crippen molar-refractivity contribution in [2.24, 2.45) is 5.73 Å². The van der Waals surface area contributed by atoms with Crippen LogP contribution in [0.4, 0.5) is 5.13 Å². The molecule has 4 nitrogen and oxygen atoms in total. The number of anilines is 1. The summed E-state index contributed by atoms with van der Waals surface area (Å²) < 4.78 is 0. The Bertz CT molecular complexity index is 393. The van der Waals surface area contributed by atoms with E-state index in [-0.39, 0.29) is 0 Å². The van der Waals surface area contributed by atoms with E-state index in [1.807, 2.05) is 0 Å². The van der Waals surface area contributed by atoms with Crippen LogP contribution in [0.2, 0.25) is 0 Å². The van der Waals surface area contributed by atoms with Gasteiger partial charge in [-0.2, -0.15) is 0 Å². The Morgan fingerprint density at radius 2 is 2.11 bits per heavy atom. The Morgan fingerprint density at radius 3 is 2.78 bits per heavy atom. The van der Waals surface area contributed by atoms with Gasteiger partial charge in [-0.05, 0) is 25.7 Å². The van der Waals surface area contributed by atoms with Crippen molar-refractivity contribution in [2.45, 2.75) is 44.3 Å². The number of thiazole rings is 1. The molecule has 0 radical (unpaired) electrons. The summed E-state index contributed by atoms with van der Waals surface area (Å²) in [7, 11) is 2.17. The second kappa shape index (κ2) is 5.15. The van der Waals surface area contributed by atoms with Gasteiger partial charge in [-0.15, -0.1) is 11.3 Å². The van der Waals surface area contributed by atoms with E-state index in [9.17, 15) is 0 Å². The van der Waals surface area contributed by atoms with Crippen LogP contribution in [0.25, 0.3) is 0 Å². The number of aromatic nitrogens is 1. The van der Waals surface area contributed by atoms with Gasteiger partial charge in [-0.3, -0.25) is 4.90 Å². The molecule has 100 valence electrons. The van der Waals surface area contributed by atoms with Crippen LogP contribution in [-0.2, 0) is 6.54 Å². The number of hydrogen-bond acceptors (Lipinski definition) is 5. The number of likely N-dealkylation sites (tertiary alicyclic amines) is 1. The first-order valence-corrected chi connectivity index (χ1v) is 7.75. The molecule has 1 aromatic heterocycles. The van der Waals surface area contributed by atoms with Crippen molar-refractivity contribution in [2.75, 3.05) is 25.0 Å². The van der Waals surface area contributed by atoms with Crippen LogP contribution in [0.3, 0.4) is 0 Å². The van der Waals surface area contributed by atoms with Crippen molar-refractivity contribution in [3.63, 3.8) is 0 Å². The Labute approximate surface area is 113 Å². The highest BCUT2D eigenvalue weighted by molar-refractivity contribution is 7.13. The predicted molar refractivity (Wildman–Crippen MR) is 76.0 cm³/mol. The van der Waals surface area contributed by atoms with E-state index in [0.29, 0.717) is 6.04 Å². The molecular formula is C13H22N4S. The smallest absolute Gasteiger partial charge is 0.185 e. The Hall–Kier alpha value is -0.650. The van der Waals surface area contributed by atoms with E-state index in [2.05, 4.69) is 22.2 Å². The van der Waals surface area contributed by atoms with Gasteiger partial charge in [0, 0.05) is 44.1 Å². The molecule has 0 unspecified atom stereocenters. The number of rotatable bonds is 4. The second-order valence-corrected chi connectivity index (χ2v) is 6.41. The Morgan fingerprint density at radius 1 is 1.39 bits per heavy atom. The highest BCUT2D eigenvalue weighted by Gasteiger charge is 2.28. The van der Waals surface area contributed by atoms with E-state index in [1.54, 1.807) is 11.3 Å². The first-order chi connectivity index (χ1) is 8.72. The number of hydrogen-bond donors (Lipinski definition) is 1.